The van der Waals surface area contributed by atoms with Crippen molar-refractivity contribution in [1.82, 2.24) is 4.90 Å². The van der Waals surface area contributed by atoms with Crippen molar-refractivity contribution in [3.63, 3.8) is 0 Å². The summed E-state index contributed by atoms with van der Waals surface area (Å²) in [6.45, 7) is 6.09. The number of ketones is 1. The summed E-state index contributed by atoms with van der Waals surface area (Å²) in [6, 6.07) is 4.71. The second-order valence-electron chi connectivity index (χ2n) is 5.42. The number of Topliss-reactive ketones (excluding diaryl/α,β-unsaturated/α-hetero) is 1. The zero-order chi connectivity index (χ0) is 13.7. The molecule has 0 N–H and O–H groups in total. The van der Waals surface area contributed by atoms with Crippen LogP contribution in [0.1, 0.15) is 60.5 Å². The molecule has 1 aliphatic rings. The largest absolute Gasteiger partial charge is 0.293 e. The van der Waals surface area contributed by atoms with Gasteiger partial charge in [0, 0.05) is 10.9 Å². The smallest absolute Gasteiger partial charge is 0.186 e. The summed E-state index contributed by atoms with van der Waals surface area (Å²) in [7, 11) is 0. The molecule has 2 rings (SSSR count). The highest BCUT2D eigenvalue weighted by Crippen LogP contribution is 2.22. The van der Waals surface area contributed by atoms with Crippen molar-refractivity contribution in [1.29, 1.82) is 0 Å². The predicted octanol–water partition coefficient (Wildman–Crippen LogP) is 4.15. The van der Waals surface area contributed by atoms with Gasteiger partial charge in [0.05, 0.1) is 11.4 Å². The minimum absolute atomic E-state index is 0.310. The molecule has 0 amide bonds. The van der Waals surface area contributed by atoms with Crippen LogP contribution >= 0.6 is 11.3 Å². The number of rotatable bonds is 5. The van der Waals surface area contributed by atoms with E-state index in [1.54, 1.807) is 11.3 Å². The summed E-state index contributed by atoms with van der Waals surface area (Å²) in [5.41, 5.74) is 0. The Hall–Kier alpha value is -0.670. The first-order chi connectivity index (χ1) is 9.24. The number of carbonyl (C=O) groups excluding carboxylic acids is 1. The minimum atomic E-state index is 0.310. The number of thiophene rings is 1. The molecule has 2 heterocycles. The second kappa shape index (κ2) is 7.20. The van der Waals surface area contributed by atoms with Gasteiger partial charge in [-0.3, -0.25) is 9.69 Å². The molecule has 106 valence electrons. The first-order valence-electron chi connectivity index (χ1n) is 7.60. The van der Waals surface area contributed by atoms with E-state index in [1.165, 1.54) is 30.6 Å². The van der Waals surface area contributed by atoms with E-state index in [0.717, 1.165) is 24.3 Å². The van der Waals surface area contributed by atoms with Crippen LogP contribution in [0.2, 0.25) is 0 Å². The Labute approximate surface area is 120 Å². The lowest BCUT2D eigenvalue weighted by atomic mass is 10.1. The molecule has 2 nitrogen and oxygen atoms in total. The molecule has 1 unspecified atom stereocenters. The molecule has 1 atom stereocenters. The molecule has 3 heteroatoms. The third kappa shape index (κ3) is 3.90. The van der Waals surface area contributed by atoms with E-state index in [1.807, 2.05) is 6.07 Å². The fourth-order valence-corrected chi connectivity index (χ4v) is 3.76. The summed E-state index contributed by atoms with van der Waals surface area (Å²) in [6.07, 6.45) is 7.34. The van der Waals surface area contributed by atoms with Crippen LogP contribution in [0.3, 0.4) is 0 Å². The summed E-state index contributed by atoms with van der Waals surface area (Å²) >= 11 is 1.67. The van der Waals surface area contributed by atoms with Crippen LogP contribution in [0.15, 0.2) is 12.1 Å². The number of hydrogen-bond acceptors (Lipinski definition) is 3. The molecular formula is C16H25NOS. The van der Waals surface area contributed by atoms with Crippen LogP contribution in [-0.2, 0) is 6.42 Å². The van der Waals surface area contributed by atoms with E-state index in [2.05, 4.69) is 24.8 Å². The summed E-state index contributed by atoms with van der Waals surface area (Å²) in [4.78, 5) is 17.1. The van der Waals surface area contributed by atoms with E-state index in [0.29, 0.717) is 18.4 Å². The summed E-state index contributed by atoms with van der Waals surface area (Å²) < 4.78 is 0. The molecule has 1 fully saturated rings. The molecule has 1 aromatic heterocycles. The third-order valence-electron chi connectivity index (χ3n) is 4.10. The summed E-state index contributed by atoms with van der Waals surface area (Å²) in [5.74, 6) is 0.310. The van der Waals surface area contributed by atoms with E-state index in [-0.39, 0.29) is 0 Å². The van der Waals surface area contributed by atoms with Crippen LogP contribution in [0.4, 0.5) is 0 Å². The van der Waals surface area contributed by atoms with Gasteiger partial charge in [0.1, 0.15) is 0 Å². The topological polar surface area (TPSA) is 20.3 Å². The molecule has 0 bridgehead atoms. The predicted molar refractivity (Wildman–Crippen MR) is 82.1 cm³/mol. The molecular weight excluding hydrogens is 254 g/mol. The highest BCUT2D eigenvalue weighted by molar-refractivity contribution is 7.14. The number of nitrogens with zero attached hydrogens (tertiary/aromatic N) is 1. The average molecular weight is 279 g/mol. The van der Waals surface area contributed by atoms with Crippen LogP contribution in [0.25, 0.3) is 0 Å². The maximum absolute atomic E-state index is 12.4. The second-order valence-corrected chi connectivity index (χ2v) is 6.59. The molecule has 0 saturated carbocycles. The Bertz CT molecular complexity index is 413. The van der Waals surface area contributed by atoms with E-state index >= 15 is 0 Å². The maximum Gasteiger partial charge on any atom is 0.186 e. The van der Waals surface area contributed by atoms with Gasteiger partial charge in [-0.15, -0.1) is 11.3 Å². The lowest BCUT2D eigenvalue weighted by molar-refractivity contribution is 0.0894. The fourth-order valence-electron chi connectivity index (χ4n) is 2.89. The summed E-state index contributed by atoms with van der Waals surface area (Å²) in [5, 5.41) is 0. The van der Waals surface area contributed by atoms with Gasteiger partial charge >= 0.3 is 0 Å². The van der Waals surface area contributed by atoms with Crippen molar-refractivity contribution < 1.29 is 4.79 Å². The van der Waals surface area contributed by atoms with Crippen molar-refractivity contribution in [3.05, 3.63) is 21.9 Å². The molecule has 0 aromatic carbocycles. The van der Waals surface area contributed by atoms with Gasteiger partial charge in [0.2, 0.25) is 0 Å². The van der Waals surface area contributed by atoms with Gasteiger partial charge in [-0.1, -0.05) is 26.7 Å². The van der Waals surface area contributed by atoms with Gasteiger partial charge in [-0.2, -0.15) is 0 Å². The van der Waals surface area contributed by atoms with Crippen LogP contribution in [-0.4, -0.2) is 29.8 Å². The SMILES string of the molecule is CCc1ccc(C(=O)CN2CCCCCC2CC)s1. The van der Waals surface area contributed by atoms with E-state index < -0.39 is 0 Å². The molecule has 0 spiro atoms. The first-order valence-corrected chi connectivity index (χ1v) is 8.42. The number of hydrogen-bond donors (Lipinski definition) is 0. The highest BCUT2D eigenvalue weighted by Gasteiger charge is 2.22. The van der Waals surface area contributed by atoms with Crippen molar-refractivity contribution in [2.75, 3.05) is 13.1 Å². The number of likely N-dealkylation sites (tertiary alicyclic amines) is 1. The zero-order valence-corrected chi connectivity index (χ0v) is 13.0. The quantitative estimate of drug-likeness (QED) is 0.755. The Morgan fingerprint density at radius 3 is 2.84 bits per heavy atom. The van der Waals surface area contributed by atoms with Crippen molar-refractivity contribution >= 4 is 17.1 Å². The fraction of sp³-hybridized carbons (Fsp3) is 0.688. The number of carbonyl (C=O) groups is 1. The van der Waals surface area contributed by atoms with Crippen LogP contribution < -0.4 is 0 Å². The molecule has 0 aliphatic carbocycles. The van der Waals surface area contributed by atoms with Crippen molar-refractivity contribution in [2.24, 2.45) is 0 Å². The zero-order valence-electron chi connectivity index (χ0n) is 12.2. The molecule has 19 heavy (non-hydrogen) atoms. The van der Waals surface area contributed by atoms with E-state index in [4.69, 9.17) is 0 Å². The third-order valence-corrected chi connectivity index (χ3v) is 5.37. The molecule has 0 radical (unpaired) electrons. The van der Waals surface area contributed by atoms with Crippen molar-refractivity contribution in [2.45, 2.75) is 58.4 Å². The lowest BCUT2D eigenvalue weighted by Gasteiger charge is -2.28. The Morgan fingerprint density at radius 2 is 2.16 bits per heavy atom. The van der Waals surface area contributed by atoms with E-state index in [9.17, 15) is 4.79 Å². The van der Waals surface area contributed by atoms with Gasteiger partial charge in [-0.05, 0) is 44.4 Å². The Morgan fingerprint density at radius 1 is 1.32 bits per heavy atom. The monoisotopic (exact) mass is 279 g/mol. The van der Waals surface area contributed by atoms with Crippen LogP contribution in [0, 0.1) is 0 Å². The number of aryl methyl sites for hydroxylation is 1. The highest BCUT2D eigenvalue weighted by atomic mass is 32.1. The lowest BCUT2D eigenvalue weighted by Crippen LogP contribution is -2.38. The average Bonchev–Trinajstić information content (AvgIpc) is 2.80. The van der Waals surface area contributed by atoms with Gasteiger partial charge in [0.15, 0.2) is 5.78 Å². The van der Waals surface area contributed by atoms with Gasteiger partial charge in [-0.25, -0.2) is 0 Å². The standard InChI is InChI=1S/C16H25NOS/c1-3-13-8-6-5-7-11-17(13)12-15(18)16-10-9-14(4-2)19-16/h9-10,13H,3-8,11-12H2,1-2H3. The van der Waals surface area contributed by atoms with Gasteiger partial charge in [0.25, 0.3) is 0 Å². The van der Waals surface area contributed by atoms with Crippen molar-refractivity contribution in [3.8, 4) is 0 Å². The first kappa shape index (κ1) is 14.7. The molecule has 1 aliphatic heterocycles. The molecule has 1 aromatic rings. The van der Waals surface area contributed by atoms with Crippen LogP contribution in [0.5, 0.6) is 0 Å². The minimum Gasteiger partial charge on any atom is -0.293 e. The Kier molecular flexibility index (Phi) is 5.59. The van der Waals surface area contributed by atoms with Gasteiger partial charge < -0.3 is 0 Å². The normalized spacial score (nSPS) is 21.3. The molecule has 1 saturated heterocycles. The Balaban J connectivity index is 1.99. The maximum atomic E-state index is 12.4.